The zero-order chi connectivity index (χ0) is 93.1. The molecule has 34 nitrogen and oxygen atoms in total. The minimum absolute atomic E-state index is 0. The van der Waals surface area contributed by atoms with Gasteiger partial charge in [-0.3, -0.25) is 38.0 Å². The minimum atomic E-state index is -1.08. The molecule has 0 fully saturated rings. The van der Waals surface area contributed by atoms with Gasteiger partial charge in [-0.15, -0.1) is 21.7 Å². The molecule has 0 unspecified atom stereocenters. The number of carboxylic acids is 1. The van der Waals surface area contributed by atoms with Gasteiger partial charge in [-0.25, -0.2) is 14.4 Å². The summed E-state index contributed by atoms with van der Waals surface area (Å²) in [6.07, 6.45) is 22.2. The molecule has 35 heteroatoms. The average Bonchev–Trinajstić information content (AvgIpc) is 1.73. The Labute approximate surface area is 784 Å². The summed E-state index contributed by atoms with van der Waals surface area (Å²) < 4.78 is 14.1. The third-order valence-electron chi connectivity index (χ3n) is 19.1. The number of carboxylic acid groups (broad SMARTS) is 1. The number of carbonyl (C=O) groups excluding carboxylic acids is 7. The van der Waals surface area contributed by atoms with Crippen molar-refractivity contribution in [3.8, 4) is 12.3 Å². The first kappa shape index (κ1) is 107. The molecule has 0 saturated heterocycles. The van der Waals surface area contributed by atoms with E-state index in [1.807, 2.05) is 231 Å². The number of hydrogen-bond donors (Lipinski definition) is 3. The van der Waals surface area contributed by atoms with Crippen molar-refractivity contribution in [1.29, 1.82) is 0 Å². The molecule has 0 aliphatic carbocycles. The van der Waals surface area contributed by atoms with Gasteiger partial charge in [-0.05, 0) is 178 Å². The SMILES string of the molecule is C#CC(=O)OCC.CCOC(=O)c1cn(CCCCc2ccc(CC(=O)Cc3ccccc3)nn2)nn1.NCc1ccccc1.O=C(Cc1ccccc1)Cc1ccc(CCCCn2cc(C(=O)NCc3ccccc3)nn2)nn1.O=C(Cc1ccccc1)Cc1ccc(CCCCn2cc(C(=O)O)nn2)nn1.[Li+].[N-]=[N+]=NCCCCc1ccc(CC(=O)Cc2ccccc2)nn1.[OH-]. The molecule has 0 bridgehead atoms. The van der Waals surface area contributed by atoms with E-state index in [9.17, 15) is 38.4 Å². The van der Waals surface area contributed by atoms with E-state index in [0.717, 1.165) is 128 Å². The number of unbranched alkanes of at least 4 members (excludes halogenated alkanes) is 4. The van der Waals surface area contributed by atoms with E-state index in [0.29, 0.717) is 113 Å². The Kier molecular flexibility index (Phi) is 50.6. The maximum Gasteiger partial charge on any atom is 1.00 e. The predicted octanol–water partition coefficient (Wildman–Crippen LogP) is 9.76. The number of carbonyl (C=O) groups is 8. The van der Waals surface area contributed by atoms with Crippen LogP contribution in [0.2, 0.25) is 0 Å². The molecule has 1 amide bonds. The van der Waals surface area contributed by atoms with E-state index in [4.69, 9.17) is 21.1 Å². The van der Waals surface area contributed by atoms with Gasteiger partial charge in [-0.2, -0.15) is 40.8 Å². The van der Waals surface area contributed by atoms with E-state index in [2.05, 4.69) is 98.2 Å². The van der Waals surface area contributed by atoms with Gasteiger partial charge in [0.2, 0.25) is 0 Å². The van der Waals surface area contributed by atoms with E-state index in [1.54, 1.807) is 41.5 Å². The number of ether oxygens (including phenoxy) is 2. The number of benzene rings is 6. The number of terminal acetylenes is 1. The van der Waals surface area contributed by atoms with Crippen molar-refractivity contribution in [1.82, 2.24) is 91.1 Å². The molecule has 7 heterocycles. The first-order valence-corrected chi connectivity index (χ1v) is 43.2. The summed E-state index contributed by atoms with van der Waals surface area (Å²) in [5.74, 6) is -0.0727. The van der Waals surface area contributed by atoms with Crippen LogP contribution in [0.25, 0.3) is 10.4 Å². The van der Waals surface area contributed by atoms with E-state index >= 15 is 0 Å². The monoisotopic (exact) mass is 1790 g/mol. The molecule has 7 aromatic heterocycles. The Hall–Kier alpha value is -15.0. The Balaban J connectivity index is 0.000000259. The molecule has 13 aromatic rings. The molecule has 0 radical (unpaired) electrons. The molecular weight excluding hydrogens is 1680 g/mol. The molecule has 6 aromatic carbocycles. The molecule has 133 heavy (non-hydrogen) atoms. The number of nitrogens with one attached hydrogen (secondary N) is 1. The van der Waals surface area contributed by atoms with Crippen LogP contribution in [-0.4, -0.2) is 163 Å². The first-order chi connectivity index (χ1) is 63.9. The van der Waals surface area contributed by atoms with E-state index in [-0.39, 0.29) is 84.0 Å². The largest absolute Gasteiger partial charge is 1.00 e. The van der Waals surface area contributed by atoms with Crippen LogP contribution in [0.15, 0.2) is 254 Å². The van der Waals surface area contributed by atoms with Crippen LogP contribution in [0.1, 0.15) is 176 Å². The summed E-state index contributed by atoms with van der Waals surface area (Å²) in [5, 5.41) is 71.8. The molecule has 684 valence electrons. The van der Waals surface area contributed by atoms with Crippen molar-refractivity contribution in [3.05, 3.63) is 356 Å². The smallest absolute Gasteiger partial charge is 0.870 e. The molecule has 0 atom stereocenters. The third kappa shape index (κ3) is 44.3. The number of Topliss-reactive ketones (excluding diaryl/α,β-unsaturated/α-hetero) is 4. The number of aryl methyl sites for hydroxylation is 7. The van der Waals surface area contributed by atoms with Crippen molar-refractivity contribution in [2.75, 3.05) is 19.8 Å². The van der Waals surface area contributed by atoms with Crippen molar-refractivity contribution in [2.45, 2.75) is 175 Å². The molecule has 0 saturated carbocycles. The summed E-state index contributed by atoms with van der Waals surface area (Å²) in [5.41, 5.74) is 26.6. The summed E-state index contributed by atoms with van der Waals surface area (Å²) >= 11 is 0. The first-order valence-electron chi connectivity index (χ1n) is 43.2. The van der Waals surface area contributed by atoms with E-state index in [1.165, 1.54) is 16.4 Å². The van der Waals surface area contributed by atoms with Crippen LogP contribution in [0.5, 0.6) is 0 Å². The van der Waals surface area contributed by atoms with Gasteiger partial charge in [0.15, 0.2) is 17.1 Å². The molecule has 0 aliphatic rings. The number of nitrogens with two attached hydrogens (primary N) is 1. The topological polar surface area (TPSA) is 487 Å². The molecule has 13 rings (SSSR count). The number of aromatic nitrogens is 17. The van der Waals surface area contributed by atoms with Crippen molar-refractivity contribution < 1.29 is 77.3 Å². The zero-order valence-corrected chi connectivity index (χ0v) is 75.0. The number of aromatic carboxylic acids is 1. The van der Waals surface area contributed by atoms with Crippen LogP contribution >= 0.6 is 0 Å². The predicted molar refractivity (Wildman–Crippen MR) is 492 cm³/mol. The quantitative estimate of drug-likeness (QED) is 0.00467. The van der Waals surface area contributed by atoms with Gasteiger partial charge in [0.1, 0.15) is 23.1 Å². The summed E-state index contributed by atoms with van der Waals surface area (Å²) in [7, 11) is 0. The number of ketones is 4. The summed E-state index contributed by atoms with van der Waals surface area (Å²) in [6.45, 7) is 7.64. The number of nitrogens with zero attached hydrogens (tertiary/aromatic N) is 20. The van der Waals surface area contributed by atoms with Crippen LogP contribution in [0, 0.1) is 12.3 Å². The molecule has 0 spiro atoms. The van der Waals surface area contributed by atoms with Crippen LogP contribution in [0.4, 0.5) is 0 Å². The maximum atomic E-state index is 12.3. The second-order valence-corrected chi connectivity index (χ2v) is 29.7. The van der Waals surface area contributed by atoms with Crippen LogP contribution in [-0.2, 0) is 143 Å². The summed E-state index contributed by atoms with van der Waals surface area (Å²) in [6, 6.07) is 73.6. The standard InChI is InChI=1S/C27H28N6O2.C22H25N5O3.C20H21N5O3.C17H19N5O.C7H9N.C5H6O2.Li.H2O/c34-25(17-21-9-3-1-4-10-21)18-24-15-14-23(29-30-24)13-7-8-16-33-20-26(31-32-33)27(35)28-19-22-11-5-2-6-12-22;1-2-30-22(29)21-16-27(26-25-21)13-7-6-10-18-11-12-19(24-23-18)15-20(28)14-17-8-4-3-5-9-17;26-18(12-15-6-2-1-3-7-15)13-17-10-9-16(21-22-17)8-4-5-11-25-14-19(20(27)28)23-24-25;18-22-19-11-5-4-8-15-9-10-16(21-20-15)13-17(23)12-14-6-2-1-3-7-14;8-6-7-4-2-1-3-5-7;1-3-5(6)7-4-2;;/h1-6,9-12,14-15,20H,7-8,13,16-19H2,(H,28,35);3-5,8-9,11-12,16H,2,6-7,10,13-15H2,1H3;1-3,6-7,9-10,14H,4-5,8,11-13H2,(H,27,28);1-3,6-7,9-10H,4-5,8,11-13H2;1-5H,6,8H2;1H,4H2,2H3;;1H2/q;;;;;;+1;/p-1. The third-order valence-corrected chi connectivity index (χ3v) is 19.1. The maximum absolute atomic E-state index is 12.3. The van der Waals surface area contributed by atoms with Gasteiger partial charge in [0.05, 0.1) is 103 Å². The molecular formula is C98H109LiN22O12. The van der Waals surface area contributed by atoms with Gasteiger partial charge in [0, 0.05) is 75.8 Å². The number of rotatable bonds is 44. The Morgan fingerprint density at radius 2 is 0.684 bits per heavy atom. The van der Waals surface area contributed by atoms with E-state index < -0.39 is 17.9 Å². The average molecular weight is 1790 g/mol. The fraction of sp³-hybridized carbons (Fsp3) is 0.306. The van der Waals surface area contributed by atoms with Gasteiger partial charge in [0.25, 0.3) is 5.91 Å². The van der Waals surface area contributed by atoms with Crippen molar-refractivity contribution in [3.63, 3.8) is 0 Å². The second-order valence-electron chi connectivity index (χ2n) is 29.7. The van der Waals surface area contributed by atoms with Crippen molar-refractivity contribution in [2.24, 2.45) is 10.8 Å². The van der Waals surface area contributed by atoms with Gasteiger partial charge >= 0.3 is 36.8 Å². The fourth-order valence-electron chi connectivity index (χ4n) is 12.5. The number of hydrogen-bond acceptors (Lipinski definition) is 27. The normalized spacial score (nSPS) is 10.2. The van der Waals surface area contributed by atoms with Crippen molar-refractivity contribution >= 4 is 46.9 Å². The van der Waals surface area contributed by atoms with Gasteiger partial charge in [-0.1, -0.05) is 203 Å². The minimum Gasteiger partial charge on any atom is -0.870 e. The zero-order valence-electron chi connectivity index (χ0n) is 75.0. The van der Waals surface area contributed by atoms with Gasteiger partial charge < -0.3 is 31.1 Å². The number of azide groups is 1. The Morgan fingerprint density at radius 1 is 0.391 bits per heavy atom. The second kappa shape index (κ2) is 63.1. The number of esters is 2. The van der Waals surface area contributed by atoms with Crippen LogP contribution in [0.3, 0.4) is 0 Å². The summed E-state index contributed by atoms with van der Waals surface area (Å²) in [4.78, 5) is 95.9. The Morgan fingerprint density at radius 3 is 0.970 bits per heavy atom. The van der Waals surface area contributed by atoms with Crippen LogP contribution < -0.4 is 29.9 Å². The fourth-order valence-corrected chi connectivity index (χ4v) is 12.5. The number of amides is 1. The molecule has 0 aliphatic heterocycles. The Bertz CT molecular complexity index is 5660. The molecule has 5 N–H and O–H groups in total.